The van der Waals surface area contributed by atoms with Crippen LogP contribution in [0.5, 0.6) is 0 Å². The number of pyridine rings is 1. The summed E-state index contributed by atoms with van der Waals surface area (Å²) in [5, 5.41) is 0. The minimum absolute atomic E-state index is 0.363. The summed E-state index contributed by atoms with van der Waals surface area (Å²) in [7, 11) is 0. The van der Waals surface area contributed by atoms with Crippen molar-refractivity contribution in [2.45, 2.75) is 52.9 Å². The number of hydrogen-bond donors (Lipinski definition) is 0. The summed E-state index contributed by atoms with van der Waals surface area (Å²) in [6, 6.07) is 65.1. The van der Waals surface area contributed by atoms with Crippen LogP contribution in [0, 0.1) is 13.8 Å². The van der Waals surface area contributed by atoms with Crippen LogP contribution < -0.4 is 0 Å². The Kier molecular flexibility index (Phi) is 12.5. The molecule has 62 heavy (non-hydrogen) atoms. The van der Waals surface area contributed by atoms with E-state index in [0.717, 1.165) is 41.0 Å². The molecular weight excluding hydrogens is 749 g/mol. The lowest BCUT2D eigenvalue weighted by molar-refractivity contribution is 0.751. The molecule has 0 atom stereocenters. The zero-order chi connectivity index (χ0) is 43.1. The van der Waals surface area contributed by atoms with Crippen molar-refractivity contribution in [1.82, 2.24) is 4.98 Å². The third-order valence-corrected chi connectivity index (χ3v) is 12.1. The van der Waals surface area contributed by atoms with Crippen LogP contribution in [0.2, 0.25) is 0 Å². The van der Waals surface area contributed by atoms with Gasteiger partial charge in [0.25, 0.3) is 0 Å². The second kappa shape index (κ2) is 18.6. The van der Waals surface area contributed by atoms with Gasteiger partial charge in [-0.2, -0.15) is 0 Å². The molecule has 2 heteroatoms. The molecule has 1 heterocycles. The van der Waals surface area contributed by atoms with E-state index in [-0.39, 0.29) is 5.41 Å². The fourth-order valence-electron chi connectivity index (χ4n) is 9.25. The molecule has 1 aliphatic rings. The smallest absolute Gasteiger partial charge is 0.0724 e. The van der Waals surface area contributed by atoms with E-state index < -0.39 is 0 Å². The lowest BCUT2D eigenvalue weighted by Crippen LogP contribution is -2.31. The number of aliphatic imine (C=N–C) groups is 1. The Bertz CT molecular complexity index is 2870. The van der Waals surface area contributed by atoms with Crippen molar-refractivity contribution in [3.05, 3.63) is 257 Å². The molecule has 0 saturated carbocycles. The van der Waals surface area contributed by atoms with E-state index in [9.17, 15) is 0 Å². The summed E-state index contributed by atoms with van der Waals surface area (Å²) >= 11 is 0. The quantitative estimate of drug-likeness (QED) is 0.126. The van der Waals surface area contributed by atoms with Crippen molar-refractivity contribution in [2.75, 3.05) is 0 Å². The highest BCUT2D eigenvalue weighted by Crippen LogP contribution is 2.58. The lowest BCUT2D eigenvalue weighted by atomic mass is 9.64. The van der Waals surface area contributed by atoms with Crippen molar-refractivity contribution in [3.8, 4) is 33.4 Å². The second-order valence-corrected chi connectivity index (χ2v) is 16.2. The van der Waals surface area contributed by atoms with Gasteiger partial charge in [-0.1, -0.05) is 195 Å². The molecule has 2 nitrogen and oxygen atoms in total. The summed E-state index contributed by atoms with van der Waals surface area (Å²) in [6.07, 6.45) is 7.78. The number of hydrogen-bond acceptors (Lipinski definition) is 2. The Morgan fingerprint density at radius 3 is 1.76 bits per heavy atom. The molecule has 7 aromatic carbocycles. The third-order valence-electron chi connectivity index (χ3n) is 12.1. The molecule has 304 valence electrons. The van der Waals surface area contributed by atoms with Gasteiger partial charge in [0.2, 0.25) is 0 Å². The van der Waals surface area contributed by atoms with E-state index in [0.29, 0.717) is 0 Å². The summed E-state index contributed by atoms with van der Waals surface area (Å²) in [4.78, 5) is 9.36. The van der Waals surface area contributed by atoms with Crippen LogP contribution in [0.15, 0.2) is 212 Å². The number of rotatable bonds is 10. The molecule has 9 rings (SSSR count). The van der Waals surface area contributed by atoms with Crippen LogP contribution >= 0.6 is 0 Å². The maximum absolute atomic E-state index is 5.09. The van der Waals surface area contributed by atoms with Gasteiger partial charge in [-0.3, -0.25) is 9.98 Å². The van der Waals surface area contributed by atoms with Gasteiger partial charge in [0, 0.05) is 23.7 Å². The zero-order valence-corrected chi connectivity index (χ0v) is 36.6. The maximum atomic E-state index is 5.09. The van der Waals surface area contributed by atoms with Crippen molar-refractivity contribution in [1.29, 1.82) is 0 Å². The minimum atomic E-state index is -0.363. The molecule has 1 aromatic heterocycles. The third kappa shape index (κ3) is 8.05. The molecule has 0 radical (unpaired) electrons. The largest absolute Gasteiger partial charge is 0.264 e. The summed E-state index contributed by atoms with van der Waals surface area (Å²) < 4.78 is 0. The highest BCUT2D eigenvalue weighted by Gasteiger charge is 2.48. The van der Waals surface area contributed by atoms with Crippen LogP contribution in [-0.2, 0) is 5.41 Å². The van der Waals surface area contributed by atoms with E-state index in [1.165, 1.54) is 72.3 Å². The predicted molar refractivity (Wildman–Crippen MR) is 265 cm³/mol. The molecule has 0 unspecified atom stereocenters. The molecule has 0 spiro atoms. The Labute approximate surface area is 368 Å². The van der Waals surface area contributed by atoms with Crippen molar-refractivity contribution >= 4 is 17.0 Å². The molecule has 1 aliphatic carbocycles. The van der Waals surface area contributed by atoms with Gasteiger partial charge in [0.1, 0.15) is 0 Å². The van der Waals surface area contributed by atoms with Crippen LogP contribution in [0.4, 0.5) is 0 Å². The van der Waals surface area contributed by atoms with Crippen molar-refractivity contribution in [3.63, 3.8) is 0 Å². The Hall–Kier alpha value is -7.16. The number of aryl methyl sites for hydroxylation is 2. The molecule has 0 amide bonds. The van der Waals surface area contributed by atoms with Gasteiger partial charge in [0.15, 0.2) is 0 Å². The highest BCUT2D eigenvalue weighted by molar-refractivity contribution is 6.04. The molecule has 8 aromatic rings. The van der Waals surface area contributed by atoms with Crippen LogP contribution in [-0.4, -0.2) is 10.7 Å². The Morgan fingerprint density at radius 1 is 0.581 bits per heavy atom. The maximum Gasteiger partial charge on any atom is 0.0724 e. The normalized spacial score (nSPS) is 12.8. The van der Waals surface area contributed by atoms with Crippen molar-refractivity contribution in [2.24, 2.45) is 4.99 Å². The molecular formula is C60H54N2. The molecule has 0 fully saturated rings. The fourth-order valence-corrected chi connectivity index (χ4v) is 9.25. The van der Waals surface area contributed by atoms with Gasteiger partial charge in [-0.15, -0.1) is 0 Å². The van der Waals surface area contributed by atoms with E-state index >= 15 is 0 Å². The molecule has 0 bridgehead atoms. The first-order valence-electron chi connectivity index (χ1n) is 21.8. The van der Waals surface area contributed by atoms with E-state index in [4.69, 9.17) is 4.99 Å². The summed E-state index contributed by atoms with van der Waals surface area (Å²) in [6.45, 7) is 15.2. The molecule has 0 aliphatic heterocycles. The van der Waals surface area contributed by atoms with Crippen molar-refractivity contribution < 1.29 is 0 Å². The van der Waals surface area contributed by atoms with Crippen LogP contribution in [0.25, 0.3) is 44.7 Å². The van der Waals surface area contributed by atoms with Gasteiger partial charge >= 0.3 is 0 Å². The minimum Gasteiger partial charge on any atom is -0.264 e. The number of aromatic nitrogens is 1. The van der Waals surface area contributed by atoms with Crippen LogP contribution in [0.1, 0.15) is 83.7 Å². The van der Waals surface area contributed by atoms with E-state index in [1.54, 1.807) is 6.20 Å². The lowest BCUT2D eigenvalue weighted by Gasteiger charge is -2.37. The predicted octanol–water partition coefficient (Wildman–Crippen LogP) is 15.8. The zero-order valence-electron chi connectivity index (χ0n) is 36.6. The Balaban J connectivity index is 0.000000171. The first-order valence-corrected chi connectivity index (χ1v) is 21.8. The monoisotopic (exact) mass is 802 g/mol. The van der Waals surface area contributed by atoms with Crippen LogP contribution in [0.3, 0.4) is 0 Å². The van der Waals surface area contributed by atoms with E-state index in [1.807, 2.05) is 18.3 Å². The highest BCUT2D eigenvalue weighted by atomic mass is 14.8. The number of nitrogens with zero attached hydrogens (tertiary/aromatic N) is 2. The average molecular weight is 803 g/mol. The number of benzene rings is 7. The van der Waals surface area contributed by atoms with Gasteiger partial charge < -0.3 is 0 Å². The Morgan fingerprint density at radius 2 is 1.13 bits per heavy atom. The summed E-state index contributed by atoms with van der Waals surface area (Å²) in [5.74, 6) is 0. The second-order valence-electron chi connectivity index (χ2n) is 16.2. The summed E-state index contributed by atoms with van der Waals surface area (Å²) in [5.41, 5.74) is 21.8. The first kappa shape index (κ1) is 41.6. The number of fused-ring (bicyclic) bond motifs is 3. The average Bonchev–Trinajstić information content (AvgIpc) is 3.62. The standard InChI is InChI=1S/C30H28N2.C30H26/c1-3-11-30(32-29(4-2)23-12-6-5-7-13-23)27-17-9-15-25(21-27)24-14-8-16-26(20-24)28-18-10-19-31-22-28;1-20(2)23-15-11-16-25-24-14-7-10-19-28(24)30(29(23)25,26-17-8-5-12-21(26)3)27-18-9-6-13-22(27)4/h4-10,12-22H,3,11H2,1-2H3;5-19H,1H2,2-4H3/b29-4-,32-30?;. The van der Waals surface area contributed by atoms with Gasteiger partial charge in [0.05, 0.1) is 11.1 Å². The van der Waals surface area contributed by atoms with Gasteiger partial charge in [-0.25, -0.2) is 0 Å². The topological polar surface area (TPSA) is 25.2 Å². The fraction of sp³-hybridized carbons (Fsp3) is 0.133. The SMILES string of the molecule is C/C=C(\N=C(CCC)c1cccc(-c2cccc(-c3cccnc3)c2)c1)c1ccccc1.C=C(C)c1cccc2c1C(c1ccccc1C)(c1ccccc1C)c1ccccc1-2. The number of allylic oxidation sites excluding steroid dienone is 2. The van der Waals surface area contributed by atoms with E-state index in [2.05, 4.69) is 222 Å². The van der Waals surface area contributed by atoms with Gasteiger partial charge in [-0.05, 0) is 130 Å². The molecule has 0 saturated heterocycles. The first-order chi connectivity index (χ1) is 30.3. The molecule has 0 N–H and O–H groups in total.